The van der Waals surface area contributed by atoms with Crippen LogP contribution < -0.4 is 10.6 Å². The molecule has 0 spiro atoms. The van der Waals surface area contributed by atoms with Gasteiger partial charge in [-0.25, -0.2) is 4.99 Å². The number of halogens is 1. The Hall–Kier alpha value is -2.52. The minimum atomic E-state index is 0.257. The van der Waals surface area contributed by atoms with Gasteiger partial charge in [-0.1, -0.05) is 34.8 Å². The van der Waals surface area contributed by atoms with E-state index in [-0.39, 0.29) is 6.54 Å². The van der Waals surface area contributed by atoms with Crippen molar-refractivity contribution in [3.63, 3.8) is 0 Å². The Morgan fingerprint density at radius 3 is 3.05 bits per heavy atom. The van der Waals surface area contributed by atoms with Gasteiger partial charge >= 0.3 is 0 Å². The maximum absolute atomic E-state index is 5.95. The lowest BCUT2D eigenvalue weighted by atomic mass is 10.2. The van der Waals surface area contributed by atoms with Crippen molar-refractivity contribution in [3.05, 3.63) is 35.2 Å². The molecule has 0 radical (unpaired) electrons. The second kappa shape index (κ2) is 8.05. The Kier molecular flexibility index (Phi) is 5.81. The molecule has 6 nitrogen and oxygen atoms in total. The van der Waals surface area contributed by atoms with Crippen LogP contribution in [0.15, 0.2) is 33.8 Å². The van der Waals surface area contributed by atoms with Crippen molar-refractivity contribution in [2.24, 2.45) is 4.99 Å². The summed E-state index contributed by atoms with van der Waals surface area (Å²) in [6, 6.07) is 7.26. The molecule has 0 atom stereocenters. The van der Waals surface area contributed by atoms with Gasteiger partial charge in [0.1, 0.15) is 6.54 Å². The summed E-state index contributed by atoms with van der Waals surface area (Å²) in [4.78, 5) is 8.62. The molecule has 0 bridgehead atoms. The molecule has 1 aromatic heterocycles. The number of hydrogen-bond donors (Lipinski definition) is 2. The average molecular weight is 318 g/mol. The number of nitrogens with zero attached hydrogens (tertiary/aromatic N) is 3. The van der Waals surface area contributed by atoms with Gasteiger partial charge in [0, 0.05) is 17.1 Å². The highest BCUT2D eigenvalue weighted by atomic mass is 35.5. The van der Waals surface area contributed by atoms with Crippen LogP contribution in [0.4, 0.5) is 0 Å². The van der Waals surface area contributed by atoms with E-state index in [2.05, 4.69) is 31.7 Å². The quantitative estimate of drug-likeness (QED) is 0.501. The molecule has 1 aromatic carbocycles. The molecular formula is C15H16ClN5O. The van der Waals surface area contributed by atoms with Gasteiger partial charge in [-0.3, -0.25) is 0 Å². The molecular weight excluding hydrogens is 302 g/mol. The van der Waals surface area contributed by atoms with E-state index in [9.17, 15) is 0 Å². The Morgan fingerprint density at radius 2 is 2.32 bits per heavy atom. The second-order valence-electron chi connectivity index (χ2n) is 4.27. The first-order valence-corrected chi connectivity index (χ1v) is 7.15. The number of rotatable bonds is 5. The van der Waals surface area contributed by atoms with E-state index in [1.54, 1.807) is 12.1 Å². The normalized spacial score (nSPS) is 11.0. The van der Waals surface area contributed by atoms with Crippen LogP contribution in [0, 0.1) is 12.3 Å². The monoisotopic (exact) mass is 317 g/mol. The zero-order valence-electron chi connectivity index (χ0n) is 12.1. The molecule has 22 heavy (non-hydrogen) atoms. The van der Waals surface area contributed by atoms with Gasteiger partial charge in [-0.2, -0.15) is 4.98 Å². The molecule has 0 saturated carbocycles. The summed E-state index contributed by atoms with van der Waals surface area (Å²) in [6.07, 6.45) is 5.21. The van der Waals surface area contributed by atoms with Crippen LogP contribution in [0.3, 0.4) is 0 Å². The molecule has 114 valence electrons. The van der Waals surface area contributed by atoms with E-state index in [1.807, 2.05) is 19.1 Å². The first kappa shape index (κ1) is 15.9. The number of guanidine groups is 1. The first-order chi connectivity index (χ1) is 10.7. The summed E-state index contributed by atoms with van der Waals surface area (Å²) in [6.45, 7) is 3.35. The van der Waals surface area contributed by atoms with Crippen LogP contribution in [0.5, 0.6) is 0 Å². The third-order valence-corrected chi connectivity index (χ3v) is 2.86. The molecule has 0 fully saturated rings. The molecule has 2 rings (SSSR count). The number of nitrogens with one attached hydrogen (secondary N) is 2. The van der Waals surface area contributed by atoms with Gasteiger partial charge in [0.2, 0.25) is 11.7 Å². The van der Waals surface area contributed by atoms with Gasteiger partial charge < -0.3 is 15.2 Å². The Labute approximate surface area is 134 Å². The molecule has 0 aliphatic carbocycles. The predicted molar refractivity (Wildman–Crippen MR) is 86.4 cm³/mol. The molecule has 2 aromatic rings. The second-order valence-corrected chi connectivity index (χ2v) is 4.71. The highest BCUT2D eigenvalue weighted by molar-refractivity contribution is 6.30. The summed E-state index contributed by atoms with van der Waals surface area (Å²) < 4.78 is 5.18. The van der Waals surface area contributed by atoms with Gasteiger partial charge in [-0.05, 0) is 19.1 Å². The zero-order valence-corrected chi connectivity index (χ0v) is 12.9. The van der Waals surface area contributed by atoms with Crippen molar-refractivity contribution in [1.29, 1.82) is 0 Å². The minimum absolute atomic E-state index is 0.257. The Bertz CT molecular complexity index is 689. The van der Waals surface area contributed by atoms with Crippen molar-refractivity contribution in [2.45, 2.75) is 13.5 Å². The Morgan fingerprint density at radius 1 is 1.45 bits per heavy atom. The molecule has 1 heterocycles. The van der Waals surface area contributed by atoms with E-state index < -0.39 is 0 Å². The van der Waals surface area contributed by atoms with Crippen molar-refractivity contribution in [1.82, 2.24) is 20.8 Å². The predicted octanol–water partition coefficient (Wildman–Crippen LogP) is 2.08. The fourth-order valence-corrected chi connectivity index (χ4v) is 1.88. The van der Waals surface area contributed by atoms with Crippen molar-refractivity contribution in [2.75, 3.05) is 13.1 Å². The van der Waals surface area contributed by atoms with Crippen LogP contribution in [-0.4, -0.2) is 29.2 Å². The van der Waals surface area contributed by atoms with E-state index in [1.165, 1.54) is 0 Å². The maximum Gasteiger partial charge on any atom is 0.248 e. The number of aromatic nitrogens is 2. The van der Waals surface area contributed by atoms with E-state index in [0.29, 0.717) is 29.2 Å². The van der Waals surface area contributed by atoms with Gasteiger partial charge in [-0.15, -0.1) is 6.42 Å². The molecule has 0 amide bonds. The number of benzene rings is 1. The third-order valence-electron chi connectivity index (χ3n) is 2.63. The summed E-state index contributed by atoms with van der Waals surface area (Å²) in [5.74, 6) is 3.98. The van der Waals surface area contributed by atoms with Crippen LogP contribution >= 0.6 is 11.6 Å². The van der Waals surface area contributed by atoms with Crippen molar-refractivity contribution >= 4 is 17.6 Å². The molecule has 0 saturated heterocycles. The third kappa shape index (κ3) is 4.50. The lowest BCUT2D eigenvalue weighted by Gasteiger charge is -2.07. The van der Waals surface area contributed by atoms with Crippen LogP contribution in [0.25, 0.3) is 11.4 Å². The zero-order chi connectivity index (χ0) is 15.8. The SMILES string of the molecule is C#CCNC(=NCc1nc(-c2cccc(Cl)c2)no1)NCC. The smallest absolute Gasteiger partial charge is 0.248 e. The van der Waals surface area contributed by atoms with Gasteiger partial charge in [0.15, 0.2) is 5.96 Å². The molecule has 7 heteroatoms. The Balaban J connectivity index is 2.06. The number of hydrogen-bond acceptors (Lipinski definition) is 4. The summed E-state index contributed by atoms with van der Waals surface area (Å²) >= 11 is 5.95. The molecule has 0 aliphatic rings. The van der Waals surface area contributed by atoms with E-state index in [0.717, 1.165) is 12.1 Å². The molecule has 0 unspecified atom stereocenters. The topological polar surface area (TPSA) is 75.3 Å². The standard InChI is InChI=1S/C15H16ClN5O/c1-3-8-18-15(17-4-2)19-10-13-20-14(21-22-13)11-6-5-7-12(16)9-11/h1,5-7,9H,4,8,10H2,2H3,(H2,17,18,19). The van der Waals surface area contributed by atoms with Crippen LogP contribution in [0.1, 0.15) is 12.8 Å². The van der Waals surface area contributed by atoms with Crippen LogP contribution in [0.2, 0.25) is 5.02 Å². The summed E-state index contributed by atoms with van der Waals surface area (Å²) in [7, 11) is 0. The number of aliphatic imine (C=N–C) groups is 1. The lowest BCUT2D eigenvalue weighted by molar-refractivity contribution is 0.380. The fourth-order valence-electron chi connectivity index (χ4n) is 1.69. The minimum Gasteiger partial charge on any atom is -0.357 e. The average Bonchev–Trinajstić information content (AvgIpc) is 2.99. The van der Waals surface area contributed by atoms with E-state index in [4.69, 9.17) is 22.5 Å². The highest BCUT2D eigenvalue weighted by Crippen LogP contribution is 2.19. The van der Waals surface area contributed by atoms with Crippen molar-refractivity contribution in [3.8, 4) is 23.7 Å². The number of terminal acetylenes is 1. The van der Waals surface area contributed by atoms with Gasteiger partial charge in [0.05, 0.1) is 6.54 Å². The first-order valence-electron chi connectivity index (χ1n) is 6.77. The largest absolute Gasteiger partial charge is 0.357 e. The molecule has 2 N–H and O–H groups in total. The molecule has 0 aliphatic heterocycles. The summed E-state index contributed by atoms with van der Waals surface area (Å²) in [5, 5.41) is 10.6. The van der Waals surface area contributed by atoms with Crippen LogP contribution in [-0.2, 0) is 6.54 Å². The lowest BCUT2D eigenvalue weighted by Crippen LogP contribution is -2.37. The van der Waals surface area contributed by atoms with Crippen molar-refractivity contribution < 1.29 is 4.52 Å². The van der Waals surface area contributed by atoms with E-state index >= 15 is 0 Å². The fraction of sp³-hybridized carbons (Fsp3) is 0.267. The van der Waals surface area contributed by atoms with Gasteiger partial charge in [0.25, 0.3) is 0 Å². The summed E-state index contributed by atoms with van der Waals surface area (Å²) in [5.41, 5.74) is 0.795. The highest BCUT2D eigenvalue weighted by Gasteiger charge is 2.08. The maximum atomic E-state index is 5.95.